The van der Waals surface area contributed by atoms with Gasteiger partial charge in [-0.15, -0.1) is 0 Å². The standard InChI is InChI=1S/C38H38Cl2N6O5/c1-50-34(48)10-5-16-41-20-25-21-43-32-18-23(15-17-46(32)38(25)49)27-6-3-7-28(35(27)39)29-8-4-9-30(36(29)40)31-13-11-24(37(45-31)51-2)19-42-22-26-12-14-33(47)44-26/h3-4,6-9,11,13,15,17-18,21,26,41-42H,5,10,12,14,16,19-20,22H2,1-2H3,(H,44,47)/t26-/m1/s1. The number of pyridine rings is 2. The number of carbonyl (C=O) groups excluding carboxylic acids is 2. The van der Waals surface area contributed by atoms with Crippen LogP contribution in [-0.4, -0.2) is 59.6 Å². The number of benzene rings is 2. The molecule has 1 aliphatic heterocycles. The van der Waals surface area contributed by atoms with Crippen LogP contribution in [0.25, 0.3) is 39.2 Å². The summed E-state index contributed by atoms with van der Waals surface area (Å²) >= 11 is 14.2. The minimum absolute atomic E-state index is 0.0900. The Morgan fingerprint density at radius 2 is 1.67 bits per heavy atom. The first kappa shape index (κ1) is 36.0. The van der Waals surface area contributed by atoms with Gasteiger partial charge in [-0.2, -0.15) is 0 Å². The van der Waals surface area contributed by atoms with E-state index in [1.165, 1.54) is 11.5 Å². The van der Waals surface area contributed by atoms with Crippen molar-refractivity contribution in [2.45, 2.75) is 44.8 Å². The number of hydrogen-bond donors (Lipinski definition) is 3. The molecule has 1 saturated heterocycles. The number of amides is 1. The van der Waals surface area contributed by atoms with Gasteiger partial charge in [-0.05, 0) is 43.1 Å². The minimum Gasteiger partial charge on any atom is -0.481 e. The molecule has 0 unspecified atom stereocenters. The molecule has 13 heteroatoms. The molecular weight excluding hydrogens is 691 g/mol. The topological polar surface area (TPSA) is 136 Å². The van der Waals surface area contributed by atoms with Gasteiger partial charge >= 0.3 is 5.97 Å². The van der Waals surface area contributed by atoms with E-state index in [1.54, 1.807) is 19.5 Å². The van der Waals surface area contributed by atoms with Gasteiger partial charge in [0.1, 0.15) is 5.65 Å². The summed E-state index contributed by atoms with van der Waals surface area (Å²) in [6.45, 7) is 2.10. The fourth-order valence-corrected chi connectivity index (χ4v) is 6.79. The van der Waals surface area contributed by atoms with Crippen molar-refractivity contribution in [1.82, 2.24) is 30.3 Å². The molecule has 4 heterocycles. The average molecular weight is 730 g/mol. The van der Waals surface area contributed by atoms with Crippen LogP contribution >= 0.6 is 23.2 Å². The van der Waals surface area contributed by atoms with Crippen LogP contribution in [0, 0.1) is 0 Å². The Hall–Kier alpha value is -4.81. The van der Waals surface area contributed by atoms with Gasteiger partial charge < -0.3 is 25.4 Å². The molecule has 5 aromatic rings. The first-order valence-corrected chi connectivity index (χ1v) is 17.4. The maximum Gasteiger partial charge on any atom is 0.305 e. The molecule has 3 aromatic heterocycles. The zero-order valence-electron chi connectivity index (χ0n) is 28.3. The van der Waals surface area contributed by atoms with E-state index in [9.17, 15) is 14.4 Å². The number of nitrogens with one attached hydrogen (secondary N) is 3. The van der Waals surface area contributed by atoms with E-state index in [4.69, 9.17) is 32.9 Å². The summed E-state index contributed by atoms with van der Waals surface area (Å²) in [6, 6.07) is 19.2. The molecule has 0 saturated carbocycles. The Kier molecular flexibility index (Phi) is 11.6. The number of ether oxygens (including phenoxy) is 2. The fourth-order valence-electron chi connectivity index (χ4n) is 6.13. The lowest BCUT2D eigenvalue weighted by Crippen LogP contribution is -2.35. The van der Waals surface area contributed by atoms with Crippen molar-refractivity contribution in [3.63, 3.8) is 0 Å². The second-order valence-electron chi connectivity index (χ2n) is 12.2. The van der Waals surface area contributed by atoms with Crippen molar-refractivity contribution < 1.29 is 19.1 Å². The van der Waals surface area contributed by atoms with Crippen molar-refractivity contribution in [1.29, 1.82) is 0 Å². The van der Waals surface area contributed by atoms with Crippen molar-refractivity contribution in [2.24, 2.45) is 0 Å². The summed E-state index contributed by atoms with van der Waals surface area (Å²) in [5, 5.41) is 10.5. The number of aromatic nitrogens is 3. The first-order valence-electron chi connectivity index (χ1n) is 16.7. The van der Waals surface area contributed by atoms with Crippen molar-refractivity contribution >= 4 is 40.7 Å². The molecule has 0 aliphatic carbocycles. The van der Waals surface area contributed by atoms with Gasteiger partial charge in [-0.3, -0.25) is 18.8 Å². The van der Waals surface area contributed by atoms with Crippen LogP contribution in [0.5, 0.6) is 5.88 Å². The molecular formula is C38H38Cl2N6O5. The third-order valence-electron chi connectivity index (χ3n) is 8.86. The lowest BCUT2D eigenvalue weighted by Gasteiger charge is -2.16. The van der Waals surface area contributed by atoms with E-state index in [0.29, 0.717) is 78.3 Å². The van der Waals surface area contributed by atoms with E-state index >= 15 is 0 Å². The maximum atomic E-state index is 13.2. The molecule has 6 rings (SSSR count). The number of carbonyl (C=O) groups is 2. The SMILES string of the molecule is COC(=O)CCCNCc1cnc2cc(-c3cccc(-c4cccc(-c5ccc(CNC[C@H]6CCC(=O)N6)c(OC)n5)c4Cl)c3Cl)ccn2c1=O. The maximum absolute atomic E-state index is 13.2. The summed E-state index contributed by atoms with van der Waals surface area (Å²) < 4.78 is 11.8. The molecule has 0 bridgehead atoms. The Labute approximate surface area is 305 Å². The number of esters is 1. The molecule has 51 heavy (non-hydrogen) atoms. The van der Waals surface area contributed by atoms with Gasteiger partial charge in [0, 0.05) is 84.3 Å². The van der Waals surface area contributed by atoms with Crippen LogP contribution in [-0.2, 0) is 27.4 Å². The van der Waals surface area contributed by atoms with Crippen molar-refractivity contribution in [2.75, 3.05) is 27.3 Å². The number of methoxy groups -OCH3 is 2. The summed E-state index contributed by atoms with van der Waals surface area (Å²) in [6.07, 6.45) is 5.57. The molecule has 2 aromatic carbocycles. The highest BCUT2D eigenvalue weighted by atomic mass is 35.5. The van der Waals surface area contributed by atoms with Crippen LogP contribution in [0.15, 0.2) is 77.9 Å². The largest absolute Gasteiger partial charge is 0.481 e. The van der Waals surface area contributed by atoms with Gasteiger partial charge in [0.15, 0.2) is 0 Å². The molecule has 1 atom stereocenters. The predicted octanol–water partition coefficient (Wildman–Crippen LogP) is 5.82. The number of hydrogen-bond acceptors (Lipinski definition) is 9. The number of rotatable bonds is 14. The zero-order valence-corrected chi connectivity index (χ0v) is 29.8. The van der Waals surface area contributed by atoms with Gasteiger partial charge in [-0.1, -0.05) is 65.7 Å². The zero-order chi connectivity index (χ0) is 35.9. The van der Waals surface area contributed by atoms with E-state index in [1.807, 2.05) is 60.7 Å². The van der Waals surface area contributed by atoms with E-state index < -0.39 is 0 Å². The van der Waals surface area contributed by atoms with Gasteiger partial charge in [-0.25, -0.2) is 9.97 Å². The number of fused-ring (bicyclic) bond motifs is 1. The lowest BCUT2D eigenvalue weighted by molar-refractivity contribution is -0.140. The van der Waals surface area contributed by atoms with Crippen molar-refractivity contribution in [3.8, 4) is 39.4 Å². The van der Waals surface area contributed by atoms with Gasteiger partial charge in [0.05, 0.1) is 30.0 Å². The summed E-state index contributed by atoms with van der Waals surface area (Å²) in [7, 11) is 2.95. The van der Waals surface area contributed by atoms with E-state index in [2.05, 4.69) is 25.7 Å². The normalized spacial score (nSPS) is 14.1. The molecule has 11 nitrogen and oxygen atoms in total. The summed E-state index contributed by atoms with van der Waals surface area (Å²) in [5.41, 5.74) is 6.13. The van der Waals surface area contributed by atoms with E-state index in [-0.39, 0.29) is 23.5 Å². The van der Waals surface area contributed by atoms with Gasteiger partial charge in [0.25, 0.3) is 5.56 Å². The first-order chi connectivity index (χ1) is 24.8. The molecule has 0 spiro atoms. The van der Waals surface area contributed by atoms with Crippen molar-refractivity contribution in [3.05, 3.63) is 105 Å². The third kappa shape index (κ3) is 8.23. The number of halogens is 2. The third-order valence-corrected chi connectivity index (χ3v) is 9.67. The summed E-state index contributed by atoms with van der Waals surface area (Å²) in [5.74, 6) is 0.313. The molecule has 264 valence electrons. The highest BCUT2D eigenvalue weighted by molar-refractivity contribution is 6.39. The second kappa shape index (κ2) is 16.5. The molecule has 1 fully saturated rings. The van der Waals surface area contributed by atoms with Gasteiger partial charge in [0.2, 0.25) is 11.8 Å². The molecule has 1 amide bonds. The number of nitrogens with zero attached hydrogens (tertiary/aromatic N) is 3. The Balaban J connectivity index is 1.21. The smallest absolute Gasteiger partial charge is 0.305 e. The Morgan fingerprint density at radius 3 is 2.39 bits per heavy atom. The Morgan fingerprint density at radius 1 is 0.941 bits per heavy atom. The van der Waals surface area contributed by atoms with Crippen LogP contribution in [0.2, 0.25) is 10.0 Å². The fraction of sp³-hybridized carbons (Fsp3) is 0.289. The quantitative estimate of drug-likeness (QED) is 0.0955. The average Bonchev–Trinajstić information content (AvgIpc) is 3.57. The minimum atomic E-state index is -0.263. The molecule has 1 aliphatic rings. The second-order valence-corrected chi connectivity index (χ2v) is 13.0. The highest BCUT2D eigenvalue weighted by Gasteiger charge is 2.21. The van der Waals surface area contributed by atoms with E-state index in [0.717, 1.165) is 39.8 Å². The monoisotopic (exact) mass is 728 g/mol. The summed E-state index contributed by atoms with van der Waals surface area (Å²) in [4.78, 5) is 45.3. The van der Waals surface area contributed by atoms with Crippen LogP contribution in [0.3, 0.4) is 0 Å². The van der Waals surface area contributed by atoms with Crippen LogP contribution in [0.4, 0.5) is 0 Å². The lowest BCUT2D eigenvalue weighted by atomic mass is 9.97. The van der Waals surface area contributed by atoms with Crippen LogP contribution in [0.1, 0.15) is 36.8 Å². The Bertz CT molecular complexity index is 2140. The predicted molar refractivity (Wildman–Crippen MR) is 198 cm³/mol. The van der Waals surface area contributed by atoms with Crippen LogP contribution < -0.4 is 26.2 Å². The molecule has 0 radical (unpaired) electrons. The molecule has 3 N–H and O–H groups in total. The highest BCUT2D eigenvalue weighted by Crippen LogP contribution is 2.42.